The van der Waals surface area contributed by atoms with E-state index in [-0.39, 0.29) is 6.61 Å². The SMILES string of the molecule is CO[C@@H]1O[C@@H](CCO)[C@H](O)[C@H]1O. The summed E-state index contributed by atoms with van der Waals surface area (Å²) >= 11 is 0. The average molecular weight is 178 g/mol. The van der Waals surface area contributed by atoms with E-state index in [1.165, 1.54) is 7.11 Å². The molecule has 0 aromatic rings. The van der Waals surface area contributed by atoms with Crippen molar-refractivity contribution in [1.29, 1.82) is 0 Å². The molecule has 0 amide bonds. The average Bonchev–Trinajstić information content (AvgIpc) is 2.33. The second kappa shape index (κ2) is 4.15. The fourth-order valence-electron chi connectivity index (χ4n) is 1.28. The second-order valence-electron chi connectivity index (χ2n) is 2.77. The summed E-state index contributed by atoms with van der Waals surface area (Å²) in [5.41, 5.74) is 0. The van der Waals surface area contributed by atoms with Crippen molar-refractivity contribution in [3.8, 4) is 0 Å². The fraction of sp³-hybridized carbons (Fsp3) is 1.00. The summed E-state index contributed by atoms with van der Waals surface area (Å²) in [4.78, 5) is 0. The van der Waals surface area contributed by atoms with Gasteiger partial charge in [0.2, 0.25) is 0 Å². The Balaban J connectivity index is 2.48. The summed E-state index contributed by atoms with van der Waals surface area (Å²) in [5, 5.41) is 27.2. The second-order valence-corrected chi connectivity index (χ2v) is 2.77. The zero-order valence-corrected chi connectivity index (χ0v) is 6.88. The van der Waals surface area contributed by atoms with E-state index >= 15 is 0 Å². The molecular weight excluding hydrogens is 164 g/mol. The lowest BCUT2D eigenvalue weighted by molar-refractivity contribution is -0.150. The molecule has 1 aliphatic heterocycles. The highest BCUT2D eigenvalue weighted by atomic mass is 16.7. The molecule has 1 aliphatic rings. The van der Waals surface area contributed by atoms with Crippen LogP contribution in [0.15, 0.2) is 0 Å². The molecule has 0 aliphatic carbocycles. The minimum atomic E-state index is -1.02. The molecule has 5 heteroatoms. The molecule has 1 fully saturated rings. The molecule has 1 rings (SSSR count). The van der Waals surface area contributed by atoms with E-state index < -0.39 is 24.6 Å². The van der Waals surface area contributed by atoms with Crippen molar-refractivity contribution in [3.63, 3.8) is 0 Å². The number of aliphatic hydroxyl groups excluding tert-OH is 3. The first kappa shape index (κ1) is 9.88. The Hall–Kier alpha value is -0.200. The van der Waals surface area contributed by atoms with Crippen LogP contribution in [0.4, 0.5) is 0 Å². The maximum Gasteiger partial charge on any atom is 0.186 e. The summed E-state index contributed by atoms with van der Waals surface area (Å²) < 4.78 is 9.85. The fourth-order valence-corrected chi connectivity index (χ4v) is 1.28. The van der Waals surface area contributed by atoms with Crippen molar-refractivity contribution in [2.45, 2.75) is 31.0 Å². The molecule has 1 saturated heterocycles. The van der Waals surface area contributed by atoms with Crippen LogP contribution in [0.1, 0.15) is 6.42 Å². The van der Waals surface area contributed by atoms with E-state index in [1.54, 1.807) is 0 Å². The molecular formula is C7H14O5. The van der Waals surface area contributed by atoms with Crippen LogP contribution in [0.25, 0.3) is 0 Å². The van der Waals surface area contributed by atoms with Gasteiger partial charge < -0.3 is 24.8 Å². The maximum atomic E-state index is 9.32. The van der Waals surface area contributed by atoms with Crippen LogP contribution < -0.4 is 0 Å². The molecule has 4 atom stereocenters. The Bertz CT molecular complexity index is 140. The third kappa shape index (κ3) is 1.75. The molecule has 0 unspecified atom stereocenters. The van der Waals surface area contributed by atoms with Gasteiger partial charge >= 0.3 is 0 Å². The molecule has 72 valence electrons. The van der Waals surface area contributed by atoms with E-state index in [4.69, 9.17) is 14.6 Å². The Labute approximate surface area is 70.5 Å². The van der Waals surface area contributed by atoms with E-state index in [1.807, 2.05) is 0 Å². The van der Waals surface area contributed by atoms with Crippen molar-refractivity contribution in [3.05, 3.63) is 0 Å². The van der Waals surface area contributed by atoms with Crippen LogP contribution in [0, 0.1) is 0 Å². The molecule has 5 nitrogen and oxygen atoms in total. The van der Waals surface area contributed by atoms with Crippen LogP contribution in [0.5, 0.6) is 0 Å². The lowest BCUT2D eigenvalue weighted by Gasteiger charge is -2.11. The number of hydrogen-bond acceptors (Lipinski definition) is 5. The van der Waals surface area contributed by atoms with Gasteiger partial charge in [-0.15, -0.1) is 0 Å². The molecule has 3 N–H and O–H groups in total. The summed E-state index contributed by atoms with van der Waals surface area (Å²) in [6.07, 6.45) is -3.00. The molecule has 0 aromatic heterocycles. The van der Waals surface area contributed by atoms with Crippen LogP contribution in [0.2, 0.25) is 0 Å². The van der Waals surface area contributed by atoms with Crippen molar-refractivity contribution in [2.75, 3.05) is 13.7 Å². The first-order chi connectivity index (χ1) is 5.70. The molecule has 0 radical (unpaired) electrons. The maximum absolute atomic E-state index is 9.32. The van der Waals surface area contributed by atoms with Gasteiger partial charge in [0.05, 0.1) is 6.10 Å². The van der Waals surface area contributed by atoms with Crippen LogP contribution in [-0.4, -0.2) is 53.6 Å². The van der Waals surface area contributed by atoms with Crippen molar-refractivity contribution in [1.82, 2.24) is 0 Å². The lowest BCUT2D eigenvalue weighted by Crippen LogP contribution is -2.33. The highest BCUT2D eigenvalue weighted by molar-refractivity contribution is 4.86. The van der Waals surface area contributed by atoms with Crippen LogP contribution in [0.3, 0.4) is 0 Å². The highest BCUT2D eigenvalue weighted by Gasteiger charge is 2.42. The van der Waals surface area contributed by atoms with Crippen molar-refractivity contribution >= 4 is 0 Å². The predicted octanol–water partition coefficient (Wildman–Crippen LogP) is -1.54. The molecule has 1 heterocycles. The Morgan fingerprint density at radius 1 is 1.33 bits per heavy atom. The highest BCUT2D eigenvalue weighted by Crippen LogP contribution is 2.23. The Morgan fingerprint density at radius 2 is 2.00 bits per heavy atom. The molecule has 0 bridgehead atoms. The Morgan fingerprint density at radius 3 is 2.42 bits per heavy atom. The number of rotatable bonds is 3. The standard InChI is InChI=1S/C7H14O5/c1-11-7-6(10)5(9)4(12-7)2-3-8/h4-10H,2-3H2,1H3/t4-,5-,6+,7+/m0/s1. The molecule has 0 spiro atoms. The first-order valence-electron chi connectivity index (χ1n) is 3.86. The third-order valence-corrected chi connectivity index (χ3v) is 1.96. The zero-order valence-electron chi connectivity index (χ0n) is 6.88. The van der Waals surface area contributed by atoms with Crippen LogP contribution in [-0.2, 0) is 9.47 Å². The lowest BCUT2D eigenvalue weighted by atomic mass is 10.1. The van der Waals surface area contributed by atoms with Gasteiger partial charge in [-0.3, -0.25) is 0 Å². The summed E-state index contributed by atoms with van der Waals surface area (Å²) in [6.45, 7) is -0.0785. The first-order valence-corrected chi connectivity index (χ1v) is 3.86. The largest absolute Gasteiger partial charge is 0.396 e. The number of hydrogen-bond donors (Lipinski definition) is 3. The summed E-state index contributed by atoms with van der Waals surface area (Å²) in [5.74, 6) is 0. The molecule has 0 saturated carbocycles. The number of methoxy groups -OCH3 is 1. The number of ether oxygens (including phenoxy) is 2. The zero-order chi connectivity index (χ0) is 9.14. The van der Waals surface area contributed by atoms with Gasteiger partial charge in [-0.2, -0.15) is 0 Å². The summed E-state index contributed by atoms with van der Waals surface area (Å²) in [6, 6.07) is 0. The monoisotopic (exact) mass is 178 g/mol. The minimum absolute atomic E-state index is 0.0785. The van der Waals surface area contributed by atoms with Gasteiger partial charge in [0, 0.05) is 13.7 Å². The summed E-state index contributed by atoms with van der Waals surface area (Å²) in [7, 11) is 1.39. The molecule has 0 aromatic carbocycles. The molecule has 12 heavy (non-hydrogen) atoms. The number of aliphatic hydroxyl groups is 3. The smallest absolute Gasteiger partial charge is 0.186 e. The van der Waals surface area contributed by atoms with E-state index in [0.29, 0.717) is 6.42 Å². The van der Waals surface area contributed by atoms with Crippen LogP contribution >= 0.6 is 0 Å². The Kier molecular flexibility index (Phi) is 3.42. The van der Waals surface area contributed by atoms with Crippen molar-refractivity contribution in [2.24, 2.45) is 0 Å². The van der Waals surface area contributed by atoms with Gasteiger partial charge in [0.1, 0.15) is 12.2 Å². The van der Waals surface area contributed by atoms with Gasteiger partial charge in [0.25, 0.3) is 0 Å². The van der Waals surface area contributed by atoms with E-state index in [9.17, 15) is 10.2 Å². The topological polar surface area (TPSA) is 79.2 Å². The minimum Gasteiger partial charge on any atom is -0.396 e. The van der Waals surface area contributed by atoms with E-state index in [0.717, 1.165) is 0 Å². The normalized spacial score (nSPS) is 42.0. The van der Waals surface area contributed by atoms with Gasteiger partial charge in [0.15, 0.2) is 6.29 Å². The van der Waals surface area contributed by atoms with Gasteiger partial charge in [-0.25, -0.2) is 0 Å². The van der Waals surface area contributed by atoms with E-state index in [2.05, 4.69) is 0 Å². The third-order valence-electron chi connectivity index (χ3n) is 1.96. The quantitative estimate of drug-likeness (QED) is 0.488. The van der Waals surface area contributed by atoms with Gasteiger partial charge in [-0.05, 0) is 6.42 Å². The van der Waals surface area contributed by atoms with Crippen molar-refractivity contribution < 1.29 is 24.8 Å². The predicted molar refractivity (Wildman–Crippen MR) is 39.4 cm³/mol. The van der Waals surface area contributed by atoms with Gasteiger partial charge in [-0.1, -0.05) is 0 Å².